The Morgan fingerprint density at radius 1 is 1.06 bits per heavy atom. The van der Waals surface area contributed by atoms with Gasteiger partial charge in [0.2, 0.25) is 5.91 Å². The molecule has 0 spiro atoms. The normalized spacial score (nSPS) is 15.6. The van der Waals surface area contributed by atoms with Crippen molar-refractivity contribution in [3.8, 4) is 0 Å². The van der Waals surface area contributed by atoms with E-state index in [1.165, 1.54) is 38.5 Å². The topological polar surface area (TPSA) is 29.5 Å². The van der Waals surface area contributed by atoms with Crippen LogP contribution < -0.4 is 0 Å². The van der Waals surface area contributed by atoms with Crippen LogP contribution in [0.2, 0.25) is 0 Å². The molecule has 0 atom stereocenters. The Kier molecular flexibility index (Phi) is 8.92. The molecule has 106 valence electrons. The monoisotopic (exact) mass is 255 g/mol. The molecule has 0 aromatic rings. The zero-order chi connectivity index (χ0) is 13.1. The van der Waals surface area contributed by atoms with Crippen molar-refractivity contribution in [3.63, 3.8) is 0 Å². The van der Waals surface area contributed by atoms with Gasteiger partial charge in [0, 0.05) is 32.7 Å². The van der Waals surface area contributed by atoms with Crippen molar-refractivity contribution in [2.75, 3.05) is 26.3 Å². The van der Waals surface area contributed by atoms with E-state index in [4.69, 9.17) is 4.74 Å². The second kappa shape index (κ2) is 10.4. The minimum Gasteiger partial charge on any atom is -0.381 e. The molecule has 0 N–H and O–H groups in total. The average Bonchev–Trinajstić information content (AvgIpc) is 2.77. The third kappa shape index (κ3) is 7.00. The van der Waals surface area contributed by atoms with Crippen molar-refractivity contribution in [1.29, 1.82) is 0 Å². The van der Waals surface area contributed by atoms with E-state index in [0.29, 0.717) is 5.91 Å². The molecule has 1 aliphatic heterocycles. The van der Waals surface area contributed by atoms with Crippen molar-refractivity contribution in [1.82, 2.24) is 4.90 Å². The van der Waals surface area contributed by atoms with Crippen molar-refractivity contribution in [2.24, 2.45) is 0 Å². The molecule has 1 fully saturated rings. The highest BCUT2D eigenvalue weighted by atomic mass is 16.5. The standard InChI is InChI=1S/C15H29NO2/c1-2-3-4-5-6-7-13-18-14-9-12-16-11-8-10-15(16)17/h2-14H2,1H3. The summed E-state index contributed by atoms with van der Waals surface area (Å²) < 4.78 is 5.60. The van der Waals surface area contributed by atoms with Gasteiger partial charge in [-0.15, -0.1) is 0 Å². The van der Waals surface area contributed by atoms with Gasteiger partial charge in [0.1, 0.15) is 0 Å². The first kappa shape index (κ1) is 15.5. The lowest BCUT2D eigenvalue weighted by Crippen LogP contribution is -2.26. The van der Waals surface area contributed by atoms with Crippen molar-refractivity contribution in [2.45, 2.75) is 64.7 Å². The Hall–Kier alpha value is -0.570. The lowest BCUT2D eigenvalue weighted by Gasteiger charge is -2.14. The van der Waals surface area contributed by atoms with Gasteiger partial charge in [0.05, 0.1) is 0 Å². The molecule has 1 heterocycles. The van der Waals surface area contributed by atoms with Gasteiger partial charge in [-0.1, -0.05) is 39.0 Å². The lowest BCUT2D eigenvalue weighted by atomic mass is 10.1. The van der Waals surface area contributed by atoms with Crippen LogP contribution in [0.4, 0.5) is 0 Å². The summed E-state index contributed by atoms with van der Waals surface area (Å²) >= 11 is 0. The summed E-state index contributed by atoms with van der Waals surface area (Å²) in [5, 5.41) is 0. The Balaban J connectivity index is 1.77. The number of hydrogen-bond acceptors (Lipinski definition) is 2. The van der Waals surface area contributed by atoms with Crippen LogP contribution in [0.1, 0.15) is 64.7 Å². The highest BCUT2D eigenvalue weighted by Gasteiger charge is 2.18. The van der Waals surface area contributed by atoms with Crippen molar-refractivity contribution >= 4 is 5.91 Å². The Morgan fingerprint density at radius 2 is 1.78 bits per heavy atom. The van der Waals surface area contributed by atoms with Gasteiger partial charge in [-0.05, 0) is 19.3 Å². The van der Waals surface area contributed by atoms with Crippen molar-refractivity contribution in [3.05, 3.63) is 0 Å². The molecule has 0 saturated carbocycles. The summed E-state index contributed by atoms with van der Waals surface area (Å²) in [5.41, 5.74) is 0. The summed E-state index contributed by atoms with van der Waals surface area (Å²) in [6.45, 7) is 5.78. The molecule has 0 unspecified atom stereocenters. The molecule has 1 aliphatic rings. The van der Waals surface area contributed by atoms with E-state index in [9.17, 15) is 4.79 Å². The number of hydrogen-bond donors (Lipinski definition) is 0. The summed E-state index contributed by atoms with van der Waals surface area (Å²) in [7, 11) is 0. The first-order valence-electron chi connectivity index (χ1n) is 7.70. The van der Waals surface area contributed by atoms with Gasteiger partial charge >= 0.3 is 0 Å². The SMILES string of the molecule is CCCCCCCCOCCCN1CCCC1=O. The van der Waals surface area contributed by atoms with E-state index in [0.717, 1.165) is 45.6 Å². The molecule has 0 aliphatic carbocycles. The Bertz CT molecular complexity index is 219. The maximum atomic E-state index is 11.4. The maximum Gasteiger partial charge on any atom is 0.222 e. The second-order valence-electron chi connectivity index (χ2n) is 5.22. The molecule has 18 heavy (non-hydrogen) atoms. The van der Waals surface area contributed by atoms with E-state index >= 15 is 0 Å². The quantitative estimate of drug-likeness (QED) is 0.530. The first-order valence-corrected chi connectivity index (χ1v) is 7.70. The number of amides is 1. The van der Waals surface area contributed by atoms with Gasteiger partial charge in [0.15, 0.2) is 0 Å². The predicted octanol–water partition coefficient (Wildman–Crippen LogP) is 3.38. The molecule has 0 aromatic carbocycles. The molecule has 1 rings (SSSR count). The molecule has 0 aromatic heterocycles. The number of carbonyl (C=O) groups is 1. The maximum absolute atomic E-state index is 11.4. The van der Waals surface area contributed by atoms with Gasteiger partial charge in [-0.25, -0.2) is 0 Å². The Morgan fingerprint density at radius 3 is 2.50 bits per heavy atom. The minimum atomic E-state index is 0.325. The first-order chi connectivity index (χ1) is 8.84. The molecular weight excluding hydrogens is 226 g/mol. The predicted molar refractivity (Wildman–Crippen MR) is 74.6 cm³/mol. The van der Waals surface area contributed by atoms with Crippen LogP contribution in [0.25, 0.3) is 0 Å². The van der Waals surface area contributed by atoms with Gasteiger partial charge in [0.25, 0.3) is 0 Å². The number of carbonyl (C=O) groups excluding carboxylic acids is 1. The van der Waals surface area contributed by atoms with Crippen molar-refractivity contribution < 1.29 is 9.53 Å². The second-order valence-corrected chi connectivity index (χ2v) is 5.22. The van der Waals surface area contributed by atoms with Crippen LogP contribution in [-0.2, 0) is 9.53 Å². The number of unbranched alkanes of at least 4 members (excludes halogenated alkanes) is 5. The summed E-state index contributed by atoms with van der Waals surface area (Å²) in [5.74, 6) is 0.325. The summed E-state index contributed by atoms with van der Waals surface area (Å²) in [6, 6.07) is 0. The molecule has 3 nitrogen and oxygen atoms in total. The molecule has 0 bridgehead atoms. The molecule has 0 radical (unpaired) electrons. The minimum absolute atomic E-state index is 0.325. The molecule has 1 saturated heterocycles. The lowest BCUT2D eigenvalue weighted by molar-refractivity contribution is -0.127. The van der Waals surface area contributed by atoms with Gasteiger partial charge in [-0.3, -0.25) is 4.79 Å². The van der Waals surface area contributed by atoms with Crippen LogP contribution in [0.3, 0.4) is 0 Å². The van der Waals surface area contributed by atoms with Crippen LogP contribution in [0, 0.1) is 0 Å². The van der Waals surface area contributed by atoms with Crippen LogP contribution in [-0.4, -0.2) is 37.1 Å². The van der Waals surface area contributed by atoms with E-state index < -0.39 is 0 Å². The molecular formula is C15H29NO2. The third-order valence-corrected chi connectivity index (χ3v) is 3.53. The van der Waals surface area contributed by atoms with Crippen LogP contribution in [0.5, 0.6) is 0 Å². The average molecular weight is 255 g/mol. The number of likely N-dealkylation sites (tertiary alicyclic amines) is 1. The van der Waals surface area contributed by atoms with Gasteiger partial charge in [-0.2, -0.15) is 0 Å². The van der Waals surface area contributed by atoms with E-state index in [1.807, 2.05) is 4.90 Å². The zero-order valence-corrected chi connectivity index (χ0v) is 12.0. The van der Waals surface area contributed by atoms with E-state index in [2.05, 4.69) is 6.92 Å². The van der Waals surface area contributed by atoms with Crippen LogP contribution in [0.15, 0.2) is 0 Å². The zero-order valence-electron chi connectivity index (χ0n) is 12.0. The van der Waals surface area contributed by atoms with E-state index in [-0.39, 0.29) is 0 Å². The molecule has 1 amide bonds. The Labute approximate surface area is 112 Å². The van der Waals surface area contributed by atoms with Gasteiger partial charge < -0.3 is 9.64 Å². The molecule has 3 heteroatoms. The highest BCUT2D eigenvalue weighted by molar-refractivity contribution is 5.77. The fourth-order valence-corrected chi connectivity index (χ4v) is 2.38. The van der Waals surface area contributed by atoms with E-state index in [1.54, 1.807) is 0 Å². The fraction of sp³-hybridized carbons (Fsp3) is 0.933. The third-order valence-electron chi connectivity index (χ3n) is 3.53. The number of rotatable bonds is 11. The number of ether oxygens (including phenoxy) is 1. The fourth-order valence-electron chi connectivity index (χ4n) is 2.38. The smallest absolute Gasteiger partial charge is 0.222 e. The summed E-state index contributed by atoms with van der Waals surface area (Å²) in [6.07, 6.45) is 10.7. The van der Waals surface area contributed by atoms with Crippen LogP contribution >= 0.6 is 0 Å². The highest BCUT2D eigenvalue weighted by Crippen LogP contribution is 2.09. The number of nitrogens with zero attached hydrogens (tertiary/aromatic N) is 1. The largest absolute Gasteiger partial charge is 0.381 e. The summed E-state index contributed by atoms with van der Waals surface area (Å²) in [4.78, 5) is 13.3.